The topological polar surface area (TPSA) is 84.7 Å². The largest absolute Gasteiger partial charge is 0.479 e. The van der Waals surface area contributed by atoms with Gasteiger partial charge in [-0.1, -0.05) is 12.8 Å². The van der Waals surface area contributed by atoms with Crippen molar-refractivity contribution in [1.29, 1.82) is 0 Å². The van der Waals surface area contributed by atoms with Crippen molar-refractivity contribution in [2.24, 2.45) is 0 Å². The number of ether oxygens (including phenoxy) is 1. The van der Waals surface area contributed by atoms with E-state index < -0.39 is 10.2 Å². The van der Waals surface area contributed by atoms with E-state index in [1.165, 1.54) is 11.4 Å². The Morgan fingerprint density at radius 2 is 2.05 bits per heavy atom. The first-order valence-electron chi connectivity index (χ1n) is 6.36. The Kier molecular flexibility index (Phi) is 4.78. The summed E-state index contributed by atoms with van der Waals surface area (Å²) in [7, 11) is -1.97. The molecule has 0 bridgehead atoms. The molecule has 0 aromatic carbocycles. The van der Waals surface area contributed by atoms with Crippen LogP contribution in [-0.2, 0) is 16.8 Å². The summed E-state index contributed by atoms with van der Waals surface area (Å²) in [5, 5.41) is 3.62. The molecule has 0 atom stereocenters. The van der Waals surface area contributed by atoms with Crippen molar-refractivity contribution < 1.29 is 17.7 Å². The average molecular weight is 289 g/mol. The molecule has 1 aromatic heterocycles. The molecule has 1 aliphatic heterocycles. The third kappa shape index (κ3) is 3.92. The molecule has 1 aliphatic rings. The van der Waals surface area contributed by atoms with Gasteiger partial charge in [0.2, 0.25) is 0 Å². The number of hydrogen-bond acceptors (Lipinski definition) is 5. The van der Waals surface area contributed by atoms with E-state index in [4.69, 9.17) is 9.26 Å². The molecule has 0 spiro atoms. The van der Waals surface area contributed by atoms with Crippen LogP contribution in [0.2, 0.25) is 0 Å². The molecule has 0 unspecified atom stereocenters. The maximum absolute atomic E-state index is 12.1. The Morgan fingerprint density at radius 3 is 2.63 bits per heavy atom. The zero-order chi connectivity index (χ0) is 13.7. The van der Waals surface area contributed by atoms with Crippen molar-refractivity contribution in [3.05, 3.63) is 11.8 Å². The fraction of sp³-hybridized carbons (Fsp3) is 0.727. The first-order valence-corrected chi connectivity index (χ1v) is 7.80. The molecular weight excluding hydrogens is 270 g/mol. The molecule has 1 aromatic rings. The Balaban J connectivity index is 1.92. The lowest BCUT2D eigenvalue weighted by atomic mass is 10.2. The molecule has 7 nitrogen and oxygen atoms in total. The van der Waals surface area contributed by atoms with Crippen LogP contribution in [0.1, 0.15) is 31.4 Å². The van der Waals surface area contributed by atoms with E-state index in [1.54, 1.807) is 6.07 Å². The highest BCUT2D eigenvalue weighted by Gasteiger charge is 2.22. The molecule has 0 saturated carbocycles. The Bertz CT molecular complexity index is 492. The number of hydrogen-bond donors (Lipinski definition) is 1. The Hall–Kier alpha value is -1.12. The minimum Gasteiger partial charge on any atom is -0.479 e. The second-order valence-corrected chi connectivity index (χ2v) is 6.23. The normalized spacial score (nSPS) is 18.2. The predicted molar refractivity (Wildman–Crippen MR) is 68.9 cm³/mol. The van der Waals surface area contributed by atoms with Crippen LogP contribution in [0.3, 0.4) is 0 Å². The molecule has 0 radical (unpaired) electrons. The van der Waals surface area contributed by atoms with Gasteiger partial charge in [0.05, 0.1) is 13.7 Å². The van der Waals surface area contributed by atoms with E-state index in [1.807, 2.05) is 0 Å². The summed E-state index contributed by atoms with van der Waals surface area (Å²) in [6, 6.07) is 1.56. The second kappa shape index (κ2) is 6.36. The van der Waals surface area contributed by atoms with E-state index in [-0.39, 0.29) is 6.54 Å². The van der Waals surface area contributed by atoms with Crippen LogP contribution < -0.4 is 9.46 Å². The average Bonchev–Trinajstić information content (AvgIpc) is 2.67. The van der Waals surface area contributed by atoms with Gasteiger partial charge in [0, 0.05) is 19.2 Å². The van der Waals surface area contributed by atoms with Gasteiger partial charge in [0.1, 0.15) is 0 Å². The lowest BCUT2D eigenvalue weighted by molar-refractivity contribution is 0.324. The van der Waals surface area contributed by atoms with Gasteiger partial charge < -0.3 is 9.26 Å². The van der Waals surface area contributed by atoms with E-state index in [2.05, 4.69) is 9.88 Å². The van der Waals surface area contributed by atoms with Gasteiger partial charge in [0.15, 0.2) is 5.76 Å². The third-order valence-corrected chi connectivity index (χ3v) is 4.63. The zero-order valence-electron chi connectivity index (χ0n) is 11.0. The number of nitrogens with one attached hydrogen (secondary N) is 1. The van der Waals surface area contributed by atoms with Crippen LogP contribution in [0.15, 0.2) is 10.6 Å². The Labute approximate surface area is 113 Å². The molecule has 108 valence electrons. The summed E-state index contributed by atoms with van der Waals surface area (Å²) >= 11 is 0. The van der Waals surface area contributed by atoms with Crippen molar-refractivity contribution in [3.63, 3.8) is 0 Å². The standard InChI is InChI=1S/C11H19N3O4S/c1-17-11-8-10(18-13-11)9-12-19(15,16)14-6-4-2-3-5-7-14/h8,12H,2-7,9H2,1H3. The minimum atomic E-state index is -3.45. The fourth-order valence-corrected chi connectivity index (χ4v) is 3.26. The third-order valence-electron chi connectivity index (χ3n) is 3.08. The first-order chi connectivity index (χ1) is 9.12. The van der Waals surface area contributed by atoms with Crippen LogP contribution in [0, 0.1) is 0 Å². The number of aromatic nitrogens is 1. The van der Waals surface area contributed by atoms with Gasteiger partial charge in [-0.3, -0.25) is 0 Å². The number of rotatable bonds is 5. The van der Waals surface area contributed by atoms with Crippen LogP contribution in [0.5, 0.6) is 5.88 Å². The van der Waals surface area contributed by atoms with Gasteiger partial charge in [-0.25, -0.2) is 0 Å². The monoisotopic (exact) mass is 289 g/mol. The van der Waals surface area contributed by atoms with Crippen LogP contribution in [-0.4, -0.2) is 38.1 Å². The lowest BCUT2D eigenvalue weighted by Crippen LogP contribution is -2.40. The van der Waals surface area contributed by atoms with Crippen molar-refractivity contribution in [1.82, 2.24) is 14.2 Å². The maximum atomic E-state index is 12.1. The molecule has 0 amide bonds. The molecular formula is C11H19N3O4S. The molecule has 1 fully saturated rings. The summed E-state index contributed by atoms with van der Waals surface area (Å²) in [5.74, 6) is 0.763. The molecule has 2 heterocycles. The molecule has 1 saturated heterocycles. The van der Waals surface area contributed by atoms with Crippen LogP contribution >= 0.6 is 0 Å². The number of nitrogens with zero attached hydrogens (tertiary/aromatic N) is 2. The highest BCUT2D eigenvalue weighted by atomic mass is 32.2. The summed E-state index contributed by atoms with van der Waals surface area (Å²) < 4.78 is 38.0. The maximum Gasteiger partial charge on any atom is 0.279 e. The van der Waals surface area contributed by atoms with Gasteiger partial charge in [-0.15, -0.1) is 0 Å². The summed E-state index contributed by atoms with van der Waals surface area (Å²) in [5.41, 5.74) is 0. The molecule has 1 N–H and O–H groups in total. The van der Waals surface area contributed by atoms with Gasteiger partial charge >= 0.3 is 0 Å². The first kappa shape index (κ1) is 14.3. The summed E-state index contributed by atoms with van der Waals surface area (Å²) in [4.78, 5) is 0. The number of methoxy groups -OCH3 is 1. The predicted octanol–water partition coefficient (Wildman–Crippen LogP) is 0.894. The second-order valence-electron chi connectivity index (χ2n) is 4.47. The highest BCUT2D eigenvalue weighted by molar-refractivity contribution is 7.87. The van der Waals surface area contributed by atoms with Crippen molar-refractivity contribution >= 4 is 10.2 Å². The van der Waals surface area contributed by atoms with Crippen LogP contribution in [0.4, 0.5) is 0 Å². The lowest BCUT2D eigenvalue weighted by Gasteiger charge is -2.19. The van der Waals surface area contributed by atoms with Crippen LogP contribution in [0.25, 0.3) is 0 Å². The minimum absolute atomic E-state index is 0.0786. The smallest absolute Gasteiger partial charge is 0.279 e. The van der Waals surface area contributed by atoms with Crippen molar-refractivity contribution in [3.8, 4) is 5.88 Å². The SMILES string of the molecule is COc1cc(CNS(=O)(=O)N2CCCCCC2)on1. The van der Waals surface area contributed by atoms with Gasteiger partial charge in [-0.2, -0.15) is 17.4 Å². The Morgan fingerprint density at radius 1 is 1.37 bits per heavy atom. The van der Waals surface area contributed by atoms with Gasteiger partial charge in [0.25, 0.3) is 16.1 Å². The molecule has 8 heteroatoms. The highest BCUT2D eigenvalue weighted by Crippen LogP contribution is 2.14. The fourth-order valence-electron chi connectivity index (χ4n) is 2.01. The summed E-state index contributed by atoms with van der Waals surface area (Å²) in [6.07, 6.45) is 4.00. The quantitative estimate of drug-likeness (QED) is 0.870. The van der Waals surface area contributed by atoms with Crippen molar-refractivity contribution in [2.45, 2.75) is 32.2 Å². The van der Waals surface area contributed by atoms with E-state index >= 15 is 0 Å². The van der Waals surface area contributed by atoms with E-state index in [0.717, 1.165) is 25.7 Å². The molecule has 2 rings (SSSR count). The summed E-state index contributed by atoms with van der Waals surface area (Å²) in [6.45, 7) is 1.24. The van der Waals surface area contributed by atoms with E-state index in [0.29, 0.717) is 24.7 Å². The zero-order valence-corrected chi connectivity index (χ0v) is 11.8. The molecule has 19 heavy (non-hydrogen) atoms. The molecule has 0 aliphatic carbocycles. The van der Waals surface area contributed by atoms with Crippen molar-refractivity contribution in [2.75, 3.05) is 20.2 Å². The van der Waals surface area contributed by atoms with Gasteiger partial charge in [-0.05, 0) is 18.0 Å². The van der Waals surface area contributed by atoms with E-state index in [9.17, 15) is 8.42 Å².